The lowest BCUT2D eigenvalue weighted by molar-refractivity contribution is 1.24. The number of hydrogen-bond acceptors (Lipinski definition) is 0. The average molecular weight is 222 g/mol. The Morgan fingerprint density at radius 3 is 2.18 bits per heavy atom. The molecule has 0 aliphatic rings. The first-order valence-corrected chi connectivity index (χ1v) is 6.12. The van der Waals surface area contributed by atoms with Gasteiger partial charge in [-0.25, -0.2) is 0 Å². The van der Waals surface area contributed by atoms with E-state index in [1.165, 1.54) is 22.3 Å². The van der Waals surface area contributed by atoms with Gasteiger partial charge < -0.3 is 0 Å². The zero-order valence-electron chi connectivity index (χ0n) is 10.5. The van der Waals surface area contributed by atoms with Crippen LogP contribution in [0.25, 0.3) is 11.6 Å². The molecule has 0 amide bonds. The maximum atomic E-state index is 2.27. The number of aryl methyl sites for hydroxylation is 1. The van der Waals surface area contributed by atoms with E-state index in [9.17, 15) is 0 Å². The Bertz CT molecular complexity index is 489. The van der Waals surface area contributed by atoms with E-state index in [0.29, 0.717) is 0 Å². The predicted molar refractivity (Wildman–Crippen MR) is 75.8 cm³/mol. The van der Waals surface area contributed by atoms with Crippen LogP contribution in [0, 0.1) is 6.92 Å². The summed E-state index contributed by atoms with van der Waals surface area (Å²) in [4.78, 5) is 0. The summed E-state index contributed by atoms with van der Waals surface area (Å²) in [7, 11) is 0. The summed E-state index contributed by atoms with van der Waals surface area (Å²) in [5.41, 5.74) is 5.28. The van der Waals surface area contributed by atoms with Crippen LogP contribution >= 0.6 is 0 Å². The standard InChI is InChI=1S/C17H18/c1-3-16(13-15-7-5-4-6-8-15)17-11-9-14(2)10-12-17/h4-13H,3H2,1-2H3. The molecule has 0 spiro atoms. The Labute approximate surface area is 104 Å². The molecule has 0 aromatic heterocycles. The molecule has 0 heteroatoms. The molecule has 0 bridgehead atoms. The molecule has 0 saturated carbocycles. The van der Waals surface area contributed by atoms with E-state index in [2.05, 4.69) is 74.5 Å². The van der Waals surface area contributed by atoms with Gasteiger partial charge in [0.15, 0.2) is 0 Å². The summed E-state index contributed by atoms with van der Waals surface area (Å²) < 4.78 is 0. The van der Waals surface area contributed by atoms with Crippen LogP contribution in [-0.4, -0.2) is 0 Å². The zero-order chi connectivity index (χ0) is 12.1. The van der Waals surface area contributed by atoms with Gasteiger partial charge in [-0.05, 0) is 30.0 Å². The van der Waals surface area contributed by atoms with E-state index in [4.69, 9.17) is 0 Å². The van der Waals surface area contributed by atoms with Crippen molar-refractivity contribution in [1.29, 1.82) is 0 Å². The van der Waals surface area contributed by atoms with E-state index in [1.807, 2.05) is 0 Å². The molecule has 0 nitrogen and oxygen atoms in total. The van der Waals surface area contributed by atoms with Gasteiger partial charge in [-0.15, -0.1) is 0 Å². The van der Waals surface area contributed by atoms with Crippen LogP contribution in [0.3, 0.4) is 0 Å². The molecule has 2 aromatic rings. The third-order valence-corrected chi connectivity index (χ3v) is 2.94. The normalized spacial score (nSPS) is 11.5. The highest BCUT2D eigenvalue weighted by molar-refractivity contribution is 5.81. The smallest absolute Gasteiger partial charge is 0.0224 e. The molecule has 17 heavy (non-hydrogen) atoms. The molecule has 86 valence electrons. The van der Waals surface area contributed by atoms with Crippen molar-refractivity contribution in [3.8, 4) is 0 Å². The van der Waals surface area contributed by atoms with Crippen molar-refractivity contribution >= 4 is 11.6 Å². The summed E-state index contributed by atoms with van der Waals surface area (Å²) >= 11 is 0. The Balaban J connectivity index is 2.34. The maximum Gasteiger partial charge on any atom is -0.0224 e. The Morgan fingerprint density at radius 1 is 0.941 bits per heavy atom. The molecule has 0 atom stereocenters. The third kappa shape index (κ3) is 3.07. The minimum absolute atomic E-state index is 1.05. The lowest BCUT2D eigenvalue weighted by Crippen LogP contribution is -1.84. The van der Waals surface area contributed by atoms with Crippen molar-refractivity contribution in [2.45, 2.75) is 20.3 Å². The monoisotopic (exact) mass is 222 g/mol. The lowest BCUT2D eigenvalue weighted by Gasteiger charge is -2.06. The third-order valence-electron chi connectivity index (χ3n) is 2.94. The predicted octanol–water partition coefficient (Wildman–Crippen LogP) is 4.95. The lowest BCUT2D eigenvalue weighted by atomic mass is 10.00. The van der Waals surface area contributed by atoms with Gasteiger partial charge in [0.1, 0.15) is 0 Å². The van der Waals surface area contributed by atoms with Gasteiger partial charge in [0, 0.05) is 0 Å². The van der Waals surface area contributed by atoms with Crippen LogP contribution in [0.2, 0.25) is 0 Å². The average Bonchev–Trinajstić information content (AvgIpc) is 2.38. The second kappa shape index (κ2) is 5.49. The van der Waals surface area contributed by atoms with Crippen molar-refractivity contribution in [2.24, 2.45) is 0 Å². The highest BCUT2D eigenvalue weighted by Crippen LogP contribution is 2.21. The van der Waals surface area contributed by atoms with Crippen LogP contribution < -0.4 is 0 Å². The van der Waals surface area contributed by atoms with Crippen LogP contribution in [0.5, 0.6) is 0 Å². The minimum Gasteiger partial charge on any atom is -0.0622 e. The van der Waals surface area contributed by atoms with Crippen molar-refractivity contribution in [3.05, 3.63) is 71.3 Å². The second-order valence-electron chi connectivity index (χ2n) is 4.30. The SMILES string of the molecule is CCC(=Cc1ccccc1)c1ccc(C)cc1. The summed E-state index contributed by atoms with van der Waals surface area (Å²) in [6.45, 7) is 4.32. The molecule has 0 heterocycles. The first-order valence-electron chi connectivity index (χ1n) is 6.12. The number of rotatable bonds is 3. The van der Waals surface area contributed by atoms with Crippen molar-refractivity contribution in [1.82, 2.24) is 0 Å². The van der Waals surface area contributed by atoms with Crippen molar-refractivity contribution < 1.29 is 0 Å². The molecule has 0 unspecified atom stereocenters. The van der Waals surface area contributed by atoms with E-state index in [0.717, 1.165) is 6.42 Å². The van der Waals surface area contributed by atoms with Gasteiger partial charge in [0.05, 0.1) is 0 Å². The van der Waals surface area contributed by atoms with Gasteiger partial charge in [-0.3, -0.25) is 0 Å². The number of allylic oxidation sites excluding steroid dienone is 1. The summed E-state index contributed by atoms with van der Waals surface area (Å²) in [6, 6.07) is 19.2. The summed E-state index contributed by atoms with van der Waals surface area (Å²) in [6.07, 6.45) is 3.32. The van der Waals surface area contributed by atoms with E-state index < -0.39 is 0 Å². The molecule has 2 rings (SSSR count). The molecular formula is C17H18. The molecule has 2 aromatic carbocycles. The first kappa shape index (κ1) is 11.7. The zero-order valence-corrected chi connectivity index (χ0v) is 10.5. The Morgan fingerprint density at radius 2 is 1.59 bits per heavy atom. The summed E-state index contributed by atoms with van der Waals surface area (Å²) in [5, 5.41) is 0. The van der Waals surface area contributed by atoms with E-state index >= 15 is 0 Å². The topological polar surface area (TPSA) is 0 Å². The van der Waals surface area contributed by atoms with Crippen LogP contribution in [0.1, 0.15) is 30.0 Å². The fourth-order valence-electron chi connectivity index (χ4n) is 1.91. The Hall–Kier alpha value is -1.82. The molecular weight excluding hydrogens is 204 g/mol. The molecule has 0 radical (unpaired) electrons. The van der Waals surface area contributed by atoms with Crippen LogP contribution in [-0.2, 0) is 0 Å². The van der Waals surface area contributed by atoms with E-state index in [-0.39, 0.29) is 0 Å². The quantitative estimate of drug-likeness (QED) is 0.645. The van der Waals surface area contributed by atoms with Crippen LogP contribution in [0.4, 0.5) is 0 Å². The van der Waals surface area contributed by atoms with Crippen molar-refractivity contribution in [2.75, 3.05) is 0 Å². The number of hydrogen-bond donors (Lipinski definition) is 0. The first-order chi connectivity index (χ1) is 8.29. The van der Waals surface area contributed by atoms with Gasteiger partial charge in [0.2, 0.25) is 0 Å². The highest BCUT2D eigenvalue weighted by Gasteiger charge is 1.99. The van der Waals surface area contributed by atoms with Gasteiger partial charge >= 0.3 is 0 Å². The minimum atomic E-state index is 1.05. The summed E-state index contributed by atoms with van der Waals surface area (Å²) in [5.74, 6) is 0. The van der Waals surface area contributed by atoms with E-state index in [1.54, 1.807) is 0 Å². The Kier molecular flexibility index (Phi) is 3.77. The fourth-order valence-corrected chi connectivity index (χ4v) is 1.91. The number of benzene rings is 2. The fraction of sp³-hybridized carbons (Fsp3) is 0.176. The molecule has 0 aliphatic heterocycles. The molecule has 0 saturated heterocycles. The molecule has 0 fully saturated rings. The maximum absolute atomic E-state index is 2.27. The highest BCUT2D eigenvalue weighted by atomic mass is 14.0. The van der Waals surface area contributed by atoms with Crippen LogP contribution in [0.15, 0.2) is 54.6 Å². The molecule has 0 N–H and O–H groups in total. The van der Waals surface area contributed by atoms with Gasteiger partial charge in [-0.1, -0.05) is 73.2 Å². The molecule has 0 aliphatic carbocycles. The second-order valence-corrected chi connectivity index (χ2v) is 4.30. The van der Waals surface area contributed by atoms with Crippen molar-refractivity contribution in [3.63, 3.8) is 0 Å². The van der Waals surface area contributed by atoms with Gasteiger partial charge in [-0.2, -0.15) is 0 Å². The largest absolute Gasteiger partial charge is 0.0622 e. The van der Waals surface area contributed by atoms with Gasteiger partial charge in [0.25, 0.3) is 0 Å².